The van der Waals surface area contributed by atoms with Crippen molar-refractivity contribution in [2.75, 3.05) is 39.4 Å². The summed E-state index contributed by atoms with van der Waals surface area (Å²) >= 11 is 0. The van der Waals surface area contributed by atoms with Gasteiger partial charge in [-0.15, -0.1) is 0 Å². The number of piperidine rings is 1. The van der Waals surface area contributed by atoms with Crippen LogP contribution in [0.5, 0.6) is 0 Å². The van der Waals surface area contributed by atoms with Crippen molar-refractivity contribution in [2.45, 2.75) is 31.8 Å². The molecule has 2 fully saturated rings. The molecule has 2 aliphatic heterocycles. The van der Waals surface area contributed by atoms with Crippen molar-refractivity contribution < 1.29 is 9.53 Å². The van der Waals surface area contributed by atoms with Crippen LogP contribution in [-0.4, -0.2) is 70.9 Å². The summed E-state index contributed by atoms with van der Waals surface area (Å²) in [4.78, 5) is 17.0. The van der Waals surface area contributed by atoms with Crippen molar-refractivity contribution in [3.8, 4) is 0 Å². The second kappa shape index (κ2) is 6.58. The van der Waals surface area contributed by atoms with Crippen LogP contribution in [0, 0.1) is 0 Å². The van der Waals surface area contributed by atoms with E-state index < -0.39 is 0 Å². The fraction of sp³-hybridized carbons (Fsp3) is 0.733. The molecule has 2 saturated heterocycles. The highest BCUT2D eigenvalue weighted by Gasteiger charge is 2.31. The number of ether oxygens (including phenoxy) is 1. The minimum Gasteiger partial charge on any atom is -0.379 e. The Morgan fingerprint density at radius 1 is 1.33 bits per heavy atom. The number of hydrogen-bond acceptors (Lipinski definition) is 4. The number of nitrogens with zero attached hydrogens (tertiary/aromatic N) is 4. The number of aromatic nitrogens is 2. The van der Waals surface area contributed by atoms with Gasteiger partial charge in [0.15, 0.2) is 0 Å². The lowest BCUT2D eigenvalue weighted by Gasteiger charge is -2.38. The van der Waals surface area contributed by atoms with Gasteiger partial charge in [0.2, 0.25) is 5.91 Å². The van der Waals surface area contributed by atoms with E-state index in [9.17, 15) is 4.79 Å². The molecule has 0 unspecified atom stereocenters. The quantitative estimate of drug-likeness (QED) is 0.825. The first-order valence-corrected chi connectivity index (χ1v) is 7.85. The van der Waals surface area contributed by atoms with Crippen LogP contribution < -0.4 is 0 Å². The van der Waals surface area contributed by atoms with Crippen molar-refractivity contribution in [1.29, 1.82) is 0 Å². The molecule has 21 heavy (non-hydrogen) atoms. The van der Waals surface area contributed by atoms with Crippen LogP contribution in [0.1, 0.15) is 25.8 Å². The Bertz CT molecular complexity index is 456. The van der Waals surface area contributed by atoms with E-state index in [1.54, 1.807) is 6.20 Å². The molecule has 3 rings (SSSR count). The van der Waals surface area contributed by atoms with Crippen LogP contribution in [0.2, 0.25) is 0 Å². The molecule has 0 N–H and O–H groups in total. The highest BCUT2D eigenvalue weighted by atomic mass is 16.5. The van der Waals surface area contributed by atoms with E-state index in [-0.39, 0.29) is 11.9 Å². The van der Waals surface area contributed by atoms with Gasteiger partial charge in [-0.1, -0.05) is 0 Å². The summed E-state index contributed by atoms with van der Waals surface area (Å²) in [5, 5.41) is 4.32. The SMILES string of the molecule is C[C@@H](C(=O)N1CCC[C@H](n2cccn2)C1)N1CCOCC1. The van der Waals surface area contributed by atoms with E-state index in [1.807, 2.05) is 28.8 Å². The Balaban J connectivity index is 1.61. The lowest BCUT2D eigenvalue weighted by atomic mass is 10.0. The Hall–Kier alpha value is -1.40. The van der Waals surface area contributed by atoms with E-state index >= 15 is 0 Å². The fourth-order valence-corrected chi connectivity index (χ4v) is 3.25. The summed E-state index contributed by atoms with van der Waals surface area (Å²) in [6, 6.07) is 2.21. The monoisotopic (exact) mass is 292 g/mol. The molecule has 1 aromatic rings. The van der Waals surface area contributed by atoms with E-state index in [2.05, 4.69) is 10.00 Å². The lowest BCUT2D eigenvalue weighted by molar-refractivity contribution is -0.139. The van der Waals surface area contributed by atoms with Crippen molar-refractivity contribution in [2.24, 2.45) is 0 Å². The molecular weight excluding hydrogens is 268 g/mol. The summed E-state index contributed by atoms with van der Waals surface area (Å²) < 4.78 is 7.35. The Labute approximate surface area is 125 Å². The molecule has 2 aliphatic rings. The van der Waals surface area contributed by atoms with E-state index in [0.29, 0.717) is 6.04 Å². The van der Waals surface area contributed by atoms with Gasteiger partial charge in [-0.2, -0.15) is 5.10 Å². The van der Waals surface area contributed by atoms with Crippen LogP contribution in [0.4, 0.5) is 0 Å². The zero-order chi connectivity index (χ0) is 14.7. The maximum Gasteiger partial charge on any atom is 0.239 e. The number of carbonyl (C=O) groups excluding carboxylic acids is 1. The minimum atomic E-state index is -0.0507. The maximum atomic E-state index is 12.7. The van der Waals surface area contributed by atoms with Crippen molar-refractivity contribution in [3.63, 3.8) is 0 Å². The standard InChI is InChI=1S/C15H24N4O2/c1-13(17-8-10-21-11-9-17)15(20)18-6-2-4-14(12-18)19-7-3-5-16-19/h3,5,7,13-14H,2,4,6,8-12H2,1H3/t13-,14-/m0/s1. The van der Waals surface area contributed by atoms with Gasteiger partial charge in [0.1, 0.15) is 0 Å². The normalized spacial score (nSPS) is 25.8. The number of rotatable bonds is 3. The molecule has 3 heterocycles. The van der Waals surface area contributed by atoms with Gasteiger partial charge in [-0.05, 0) is 25.8 Å². The molecule has 6 nitrogen and oxygen atoms in total. The number of carbonyl (C=O) groups is 1. The molecule has 0 aliphatic carbocycles. The molecule has 0 bridgehead atoms. The number of morpholine rings is 1. The fourth-order valence-electron chi connectivity index (χ4n) is 3.25. The van der Waals surface area contributed by atoms with Gasteiger partial charge in [0, 0.05) is 38.6 Å². The van der Waals surface area contributed by atoms with Gasteiger partial charge < -0.3 is 9.64 Å². The molecule has 1 aromatic heterocycles. The summed E-state index contributed by atoms with van der Waals surface area (Å²) in [6.45, 7) is 6.82. The second-order valence-corrected chi connectivity index (χ2v) is 5.89. The minimum absolute atomic E-state index is 0.0507. The van der Waals surface area contributed by atoms with E-state index in [1.165, 1.54) is 0 Å². The summed E-state index contributed by atoms with van der Waals surface area (Å²) in [6.07, 6.45) is 5.94. The summed E-state index contributed by atoms with van der Waals surface area (Å²) in [5.74, 6) is 0.244. The molecular formula is C15H24N4O2. The van der Waals surface area contributed by atoms with Crippen molar-refractivity contribution in [1.82, 2.24) is 19.6 Å². The smallest absolute Gasteiger partial charge is 0.239 e. The Morgan fingerprint density at radius 3 is 2.86 bits per heavy atom. The third-order valence-corrected chi connectivity index (χ3v) is 4.56. The highest BCUT2D eigenvalue weighted by molar-refractivity contribution is 5.81. The van der Waals surface area contributed by atoms with Crippen molar-refractivity contribution >= 4 is 5.91 Å². The van der Waals surface area contributed by atoms with Crippen LogP contribution in [0.15, 0.2) is 18.5 Å². The summed E-state index contributed by atoms with van der Waals surface area (Å²) in [5.41, 5.74) is 0. The van der Waals surface area contributed by atoms with Crippen LogP contribution in [-0.2, 0) is 9.53 Å². The first kappa shape index (κ1) is 14.5. The molecule has 0 spiro atoms. The average Bonchev–Trinajstić information content (AvgIpc) is 3.09. The van der Waals surface area contributed by atoms with E-state index in [0.717, 1.165) is 52.2 Å². The molecule has 1 amide bonds. The molecule has 6 heteroatoms. The average molecular weight is 292 g/mol. The van der Waals surface area contributed by atoms with Gasteiger partial charge in [0.05, 0.1) is 25.3 Å². The molecule has 0 saturated carbocycles. The van der Waals surface area contributed by atoms with Crippen LogP contribution in [0.3, 0.4) is 0 Å². The zero-order valence-corrected chi connectivity index (χ0v) is 12.6. The lowest BCUT2D eigenvalue weighted by Crippen LogP contribution is -2.53. The molecule has 2 atom stereocenters. The molecule has 0 radical (unpaired) electrons. The van der Waals surface area contributed by atoms with Gasteiger partial charge >= 0.3 is 0 Å². The summed E-state index contributed by atoms with van der Waals surface area (Å²) in [7, 11) is 0. The maximum absolute atomic E-state index is 12.7. The first-order valence-electron chi connectivity index (χ1n) is 7.85. The topological polar surface area (TPSA) is 50.6 Å². The number of likely N-dealkylation sites (tertiary alicyclic amines) is 1. The Kier molecular flexibility index (Phi) is 4.55. The molecule has 116 valence electrons. The largest absolute Gasteiger partial charge is 0.379 e. The third kappa shape index (κ3) is 3.27. The Morgan fingerprint density at radius 2 is 2.14 bits per heavy atom. The highest BCUT2D eigenvalue weighted by Crippen LogP contribution is 2.22. The number of amides is 1. The van der Waals surface area contributed by atoms with Gasteiger partial charge in [-0.25, -0.2) is 0 Å². The van der Waals surface area contributed by atoms with E-state index in [4.69, 9.17) is 4.74 Å². The van der Waals surface area contributed by atoms with Crippen LogP contribution in [0.25, 0.3) is 0 Å². The van der Waals surface area contributed by atoms with Gasteiger partial charge in [-0.3, -0.25) is 14.4 Å². The molecule has 0 aromatic carbocycles. The van der Waals surface area contributed by atoms with Crippen molar-refractivity contribution in [3.05, 3.63) is 18.5 Å². The second-order valence-electron chi connectivity index (χ2n) is 5.89. The number of hydrogen-bond donors (Lipinski definition) is 0. The van der Waals surface area contributed by atoms with Crippen LogP contribution >= 0.6 is 0 Å². The third-order valence-electron chi connectivity index (χ3n) is 4.56. The predicted molar refractivity (Wildman–Crippen MR) is 78.9 cm³/mol. The first-order chi connectivity index (χ1) is 10.3. The predicted octanol–water partition coefficient (Wildman–Crippen LogP) is 0.767. The zero-order valence-electron chi connectivity index (χ0n) is 12.6. The van der Waals surface area contributed by atoms with Gasteiger partial charge in [0.25, 0.3) is 0 Å².